The summed E-state index contributed by atoms with van der Waals surface area (Å²) in [5.74, 6) is 0.915. The predicted molar refractivity (Wildman–Crippen MR) is 139 cm³/mol. The number of anilines is 1. The number of pyridine rings is 2. The van der Waals surface area contributed by atoms with Crippen LogP contribution >= 0.6 is 0 Å². The van der Waals surface area contributed by atoms with Crippen LogP contribution in [0.2, 0.25) is 0 Å². The fraction of sp³-hybridized carbons (Fsp3) is 0.346. The molecule has 0 bridgehead atoms. The quantitative estimate of drug-likeness (QED) is 0.336. The second kappa shape index (κ2) is 10.5. The average molecular weight is 561 g/mol. The summed E-state index contributed by atoms with van der Waals surface area (Å²) >= 11 is 0. The summed E-state index contributed by atoms with van der Waals surface area (Å²) < 4.78 is 71.3. The Labute approximate surface area is 223 Å². The normalized spacial score (nSPS) is 15.6. The van der Waals surface area contributed by atoms with Gasteiger partial charge in [0.2, 0.25) is 10.0 Å². The molecular formula is C26H27F3N6O3S. The van der Waals surface area contributed by atoms with Gasteiger partial charge in [-0.25, -0.2) is 13.4 Å². The zero-order chi connectivity index (χ0) is 27.8. The lowest BCUT2D eigenvalue weighted by molar-refractivity contribution is -0.274. The summed E-state index contributed by atoms with van der Waals surface area (Å²) in [6.07, 6.45) is -0.675. The third-order valence-electron chi connectivity index (χ3n) is 6.54. The highest BCUT2D eigenvalue weighted by Gasteiger charge is 2.32. The summed E-state index contributed by atoms with van der Waals surface area (Å²) in [6, 6.07) is 12.7. The van der Waals surface area contributed by atoms with Gasteiger partial charge in [-0.3, -0.25) is 4.40 Å². The van der Waals surface area contributed by atoms with E-state index >= 15 is 0 Å². The van der Waals surface area contributed by atoms with Crippen LogP contribution in [-0.4, -0.2) is 57.8 Å². The first kappa shape index (κ1) is 26.9. The zero-order valence-corrected chi connectivity index (χ0v) is 22.1. The molecule has 13 heteroatoms. The van der Waals surface area contributed by atoms with Crippen LogP contribution in [0.4, 0.5) is 19.0 Å². The van der Waals surface area contributed by atoms with Crippen LogP contribution in [0.5, 0.6) is 5.75 Å². The molecule has 0 aliphatic carbocycles. The maximum atomic E-state index is 13.3. The molecule has 1 aliphatic rings. The Morgan fingerprint density at radius 2 is 1.69 bits per heavy atom. The fourth-order valence-electron chi connectivity index (χ4n) is 4.58. The number of sulfonamides is 1. The van der Waals surface area contributed by atoms with Crippen molar-refractivity contribution in [2.24, 2.45) is 0 Å². The summed E-state index contributed by atoms with van der Waals surface area (Å²) in [7, 11) is -3.71. The van der Waals surface area contributed by atoms with Crippen molar-refractivity contribution in [3.05, 3.63) is 66.7 Å². The molecule has 4 heterocycles. The molecule has 1 fully saturated rings. The minimum absolute atomic E-state index is 0.143. The Hall–Kier alpha value is -3.71. The van der Waals surface area contributed by atoms with Crippen molar-refractivity contribution in [3.63, 3.8) is 0 Å². The van der Waals surface area contributed by atoms with E-state index in [4.69, 9.17) is 0 Å². The maximum Gasteiger partial charge on any atom is 0.573 e. The number of hydrogen-bond donors (Lipinski definition) is 1. The first-order chi connectivity index (χ1) is 18.5. The molecule has 4 aromatic rings. The number of halogens is 3. The standard InChI is InChI=1S/C26H27F3N6O3S/c1-17(2)25-33-32-24-8-5-19(16-35(24)25)18-3-6-22(7-4-18)39(36,37)34-13-10-20(11-14-34)31-23-15-21(9-12-30-23)38-26(27,28)29/h3-9,12,15-17,20H,10-11,13-14H2,1-2H3,(H,30,31). The van der Waals surface area contributed by atoms with Crippen molar-refractivity contribution in [3.8, 4) is 16.9 Å². The van der Waals surface area contributed by atoms with Crippen LogP contribution in [-0.2, 0) is 10.0 Å². The maximum absolute atomic E-state index is 13.3. The second-order valence-electron chi connectivity index (χ2n) is 9.63. The molecule has 0 amide bonds. The van der Waals surface area contributed by atoms with Crippen molar-refractivity contribution in [1.29, 1.82) is 0 Å². The number of ether oxygens (including phenoxy) is 1. The molecule has 3 aromatic heterocycles. The van der Waals surface area contributed by atoms with Crippen molar-refractivity contribution < 1.29 is 26.3 Å². The Balaban J connectivity index is 1.24. The summed E-state index contributed by atoms with van der Waals surface area (Å²) in [4.78, 5) is 4.24. The summed E-state index contributed by atoms with van der Waals surface area (Å²) in [5.41, 5.74) is 2.53. The molecule has 9 nitrogen and oxygen atoms in total. The highest BCUT2D eigenvalue weighted by molar-refractivity contribution is 7.89. The molecule has 5 rings (SSSR count). The van der Waals surface area contributed by atoms with E-state index in [1.165, 1.54) is 16.6 Å². The lowest BCUT2D eigenvalue weighted by Crippen LogP contribution is -2.42. The van der Waals surface area contributed by atoms with E-state index in [0.29, 0.717) is 12.8 Å². The average Bonchev–Trinajstić information content (AvgIpc) is 3.32. The van der Waals surface area contributed by atoms with E-state index in [-0.39, 0.29) is 41.5 Å². The third-order valence-corrected chi connectivity index (χ3v) is 8.45. The van der Waals surface area contributed by atoms with Crippen LogP contribution < -0.4 is 10.1 Å². The number of hydrogen-bond acceptors (Lipinski definition) is 7. The van der Waals surface area contributed by atoms with Gasteiger partial charge in [0.05, 0.1) is 4.90 Å². The molecule has 0 unspecified atom stereocenters. The first-order valence-electron chi connectivity index (χ1n) is 12.4. The van der Waals surface area contributed by atoms with Gasteiger partial charge < -0.3 is 10.1 Å². The Bertz CT molecular complexity index is 1560. The van der Waals surface area contributed by atoms with E-state index in [0.717, 1.165) is 28.7 Å². The number of alkyl halides is 3. The Morgan fingerprint density at radius 1 is 1.00 bits per heavy atom. The largest absolute Gasteiger partial charge is 0.573 e. The van der Waals surface area contributed by atoms with Gasteiger partial charge in [-0.15, -0.1) is 23.4 Å². The number of aromatic nitrogens is 4. The molecule has 1 N–H and O–H groups in total. The molecule has 0 spiro atoms. The molecule has 1 aromatic carbocycles. The SMILES string of the molecule is CC(C)c1nnc2ccc(-c3ccc(S(=O)(=O)N4CCC(Nc5cc(OC(F)(F)F)ccn5)CC4)cc3)cn12. The van der Waals surface area contributed by atoms with Crippen LogP contribution in [0.25, 0.3) is 16.8 Å². The number of fused-ring (bicyclic) bond motifs is 1. The number of nitrogens with zero attached hydrogens (tertiary/aromatic N) is 5. The van der Waals surface area contributed by atoms with Crippen molar-refractivity contribution in [2.75, 3.05) is 18.4 Å². The van der Waals surface area contributed by atoms with E-state index in [2.05, 4.69) is 25.2 Å². The molecule has 0 radical (unpaired) electrons. The van der Waals surface area contributed by atoms with Gasteiger partial charge in [-0.1, -0.05) is 26.0 Å². The van der Waals surface area contributed by atoms with Crippen LogP contribution in [0, 0.1) is 0 Å². The van der Waals surface area contributed by atoms with Gasteiger partial charge in [0, 0.05) is 43.5 Å². The predicted octanol–water partition coefficient (Wildman–Crippen LogP) is 5.08. The lowest BCUT2D eigenvalue weighted by Gasteiger charge is -2.32. The van der Waals surface area contributed by atoms with Gasteiger partial charge in [0.1, 0.15) is 17.4 Å². The van der Waals surface area contributed by atoms with E-state index in [1.807, 2.05) is 36.6 Å². The molecule has 1 saturated heterocycles. The van der Waals surface area contributed by atoms with Gasteiger partial charge >= 0.3 is 6.36 Å². The number of benzene rings is 1. The number of piperidine rings is 1. The second-order valence-corrected chi connectivity index (χ2v) is 11.6. The summed E-state index contributed by atoms with van der Waals surface area (Å²) in [6.45, 7) is 4.62. The number of rotatable bonds is 7. The van der Waals surface area contributed by atoms with Gasteiger partial charge in [0.15, 0.2) is 5.65 Å². The highest BCUT2D eigenvalue weighted by Crippen LogP contribution is 2.28. The molecule has 0 saturated carbocycles. The fourth-order valence-corrected chi connectivity index (χ4v) is 6.05. The Morgan fingerprint density at radius 3 is 2.36 bits per heavy atom. The zero-order valence-electron chi connectivity index (χ0n) is 21.3. The third kappa shape index (κ3) is 5.98. The minimum Gasteiger partial charge on any atom is -0.406 e. The van der Waals surface area contributed by atoms with E-state index in [9.17, 15) is 21.6 Å². The smallest absolute Gasteiger partial charge is 0.406 e. The van der Waals surface area contributed by atoms with Crippen molar-refractivity contribution in [2.45, 2.75) is 49.9 Å². The monoisotopic (exact) mass is 560 g/mol. The highest BCUT2D eigenvalue weighted by atomic mass is 32.2. The van der Waals surface area contributed by atoms with E-state index in [1.54, 1.807) is 24.3 Å². The minimum atomic E-state index is -4.79. The Kier molecular flexibility index (Phi) is 7.21. The van der Waals surface area contributed by atoms with Gasteiger partial charge in [0.25, 0.3) is 0 Å². The topological polar surface area (TPSA) is 102 Å². The molecule has 0 atom stereocenters. The van der Waals surface area contributed by atoms with Crippen molar-refractivity contribution in [1.82, 2.24) is 23.9 Å². The van der Waals surface area contributed by atoms with Crippen LogP contribution in [0.15, 0.2) is 65.8 Å². The van der Waals surface area contributed by atoms with Gasteiger partial charge in [-0.2, -0.15) is 4.31 Å². The summed E-state index contributed by atoms with van der Waals surface area (Å²) in [5, 5.41) is 11.5. The molecule has 206 valence electrons. The van der Waals surface area contributed by atoms with Crippen molar-refractivity contribution >= 4 is 21.5 Å². The molecule has 1 aliphatic heterocycles. The molecule has 39 heavy (non-hydrogen) atoms. The lowest BCUT2D eigenvalue weighted by atomic mass is 10.1. The first-order valence-corrected chi connectivity index (χ1v) is 13.9. The van der Waals surface area contributed by atoms with Gasteiger partial charge in [-0.05, 0) is 54.3 Å². The molecular weight excluding hydrogens is 533 g/mol. The van der Waals surface area contributed by atoms with Crippen LogP contribution in [0.1, 0.15) is 38.4 Å². The number of nitrogens with one attached hydrogen (secondary N) is 1. The van der Waals surface area contributed by atoms with Crippen LogP contribution in [0.3, 0.4) is 0 Å². The van der Waals surface area contributed by atoms with E-state index < -0.39 is 16.4 Å².